The first kappa shape index (κ1) is 19.7. The van der Waals surface area contributed by atoms with Crippen molar-refractivity contribution in [2.24, 2.45) is 0 Å². The number of morpholine rings is 1. The molecule has 7 nitrogen and oxygen atoms in total. The monoisotopic (exact) mass is 390 g/mol. The smallest absolute Gasteiger partial charge is 0.274 e. The van der Waals surface area contributed by atoms with Crippen LogP contribution in [0.2, 0.25) is 0 Å². The minimum Gasteiger partial charge on any atom is -0.373 e. The average Bonchev–Trinajstić information content (AvgIpc) is 3.10. The van der Waals surface area contributed by atoms with Crippen LogP contribution < -0.4 is 5.32 Å². The second-order valence-electron chi connectivity index (χ2n) is 7.23. The van der Waals surface area contributed by atoms with Crippen molar-refractivity contribution < 1.29 is 14.3 Å². The van der Waals surface area contributed by atoms with Crippen molar-refractivity contribution in [2.75, 3.05) is 18.4 Å². The Morgan fingerprint density at radius 1 is 1.33 bits per heavy atom. The van der Waals surface area contributed by atoms with Crippen LogP contribution in [0.1, 0.15) is 58.6 Å². The SMILES string of the molecule is CC(=O)c1c(C)[nH]c(C(=O)Nc2nc(CN3C[C@H](C)O[C@@H](C)C3)cs2)c1C. The standard InChI is InChI=1S/C19H26N4O3S/c1-10-6-23(7-11(2)26-10)8-15-9-27-19(21-15)22-18(25)17-12(3)16(14(5)24)13(4)20-17/h9-11,20H,6-8H2,1-5H3,(H,21,22,25)/t10-,11-/m0/s1. The molecule has 0 bridgehead atoms. The number of amides is 1. The fraction of sp³-hybridized carbons (Fsp3) is 0.526. The first-order chi connectivity index (χ1) is 12.7. The van der Waals surface area contributed by atoms with E-state index in [9.17, 15) is 9.59 Å². The van der Waals surface area contributed by atoms with Gasteiger partial charge in [0.15, 0.2) is 10.9 Å². The van der Waals surface area contributed by atoms with E-state index in [2.05, 4.69) is 34.0 Å². The van der Waals surface area contributed by atoms with Gasteiger partial charge < -0.3 is 9.72 Å². The Hall–Kier alpha value is -2.03. The number of nitrogens with one attached hydrogen (secondary N) is 2. The highest BCUT2D eigenvalue weighted by Gasteiger charge is 2.23. The molecule has 8 heteroatoms. The van der Waals surface area contributed by atoms with E-state index in [1.807, 2.05) is 5.38 Å². The number of nitrogens with zero attached hydrogens (tertiary/aromatic N) is 2. The minimum absolute atomic E-state index is 0.0502. The fourth-order valence-corrected chi connectivity index (χ4v) is 4.44. The molecule has 2 aromatic heterocycles. The summed E-state index contributed by atoms with van der Waals surface area (Å²) in [5.74, 6) is -0.330. The van der Waals surface area contributed by atoms with Crippen LogP contribution >= 0.6 is 11.3 Å². The molecule has 1 aliphatic rings. The van der Waals surface area contributed by atoms with Crippen LogP contribution in [0, 0.1) is 13.8 Å². The normalized spacial score (nSPS) is 20.6. The van der Waals surface area contributed by atoms with E-state index in [0.717, 1.165) is 25.3 Å². The average molecular weight is 391 g/mol. The van der Waals surface area contributed by atoms with Crippen molar-refractivity contribution in [3.05, 3.63) is 33.6 Å². The zero-order valence-electron chi connectivity index (χ0n) is 16.4. The quantitative estimate of drug-likeness (QED) is 0.766. The number of anilines is 1. The van der Waals surface area contributed by atoms with Crippen LogP contribution in [-0.2, 0) is 11.3 Å². The summed E-state index contributed by atoms with van der Waals surface area (Å²) < 4.78 is 5.76. The number of aromatic nitrogens is 2. The van der Waals surface area contributed by atoms with Crippen molar-refractivity contribution in [1.82, 2.24) is 14.9 Å². The Morgan fingerprint density at radius 2 is 2.00 bits per heavy atom. The zero-order chi connectivity index (χ0) is 19.7. The van der Waals surface area contributed by atoms with E-state index < -0.39 is 0 Å². The number of rotatable bonds is 5. The lowest BCUT2D eigenvalue weighted by Crippen LogP contribution is -2.44. The third kappa shape index (κ3) is 4.45. The van der Waals surface area contributed by atoms with Gasteiger partial charge in [0.05, 0.1) is 17.9 Å². The highest BCUT2D eigenvalue weighted by molar-refractivity contribution is 7.13. The molecule has 0 aliphatic carbocycles. The van der Waals surface area contributed by atoms with Crippen molar-refractivity contribution >= 4 is 28.2 Å². The van der Waals surface area contributed by atoms with Gasteiger partial charge in [-0.3, -0.25) is 19.8 Å². The van der Waals surface area contributed by atoms with Gasteiger partial charge in [-0.15, -0.1) is 11.3 Å². The first-order valence-electron chi connectivity index (χ1n) is 9.08. The molecule has 2 atom stereocenters. The van der Waals surface area contributed by atoms with Crippen LogP contribution in [0.3, 0.4) is 0 Å². The van der Waals surface area contributed by atoms with Gasteiger partial charge in [-0.2, -0.15) is 0 Å². The maximum atomic E-state index is 12.6. The number of aromatic amines is 1. The van der Waals surface area contributed by atoms with E-state index in [0.29, 0.717) is 27.6 Å². The van der Waals surface area contributed by atoms with Crippen LogP contribution in [-0.4, -0.2) is 51.9 Å². The molecule has 3 heterocycles. The molecule has 2 aromatic rings. The highest BCUT2D eigenvalue weighted by Crippen LogP contribution is 2.22. The van der Waals surface area contributed by atoms with Crippen LogP contribution in [0.25, 0.3) is 0 Å². The lowest BCUT2D eigenvalue weighted by atomic mass is 10.1. The van der Waals surface area contributed by atoms with Crippen molar-refractivity contribution in [3.8, 4) is 0 Å². The lowest BCUT2D eigenvalue weighted by molar-refractivity contribution is -0.0707. The number of aryl methyl sites for hydroxylation is 1. The van der Waals surface area contributed by atoms with E-state index >= 15 is 0 Å². The topological polar surface area (TPSA) is 87.3 Å². The predicted octanol–water partition coefficient (Wildman–Crippen LogP) is 3.15. The number of carbonyl (C=O) groups excluding carboxylic acids is 2. The molecule has 1 fully saturated rings. The number of hydrogen-bond acceptors (Lipinski definition) is 6. The first-order valence-corrected chi connectivity index (χ1v) is 9.96. The fourth-order valence-electron chi connectivity index (χ4n) is 3.74. The van der Waals surface area contributed by atoms with Crippen molar-refractivity contribution in [2.45, 2.75) is 53.4 Å². The summed E-state index contributed by atoms with van der Waals surface area (Å²) in [7, 11) is 0. The Morgan fingerprint density at radius 3 is 2.59 bits per heavy atom. The van der Waals surface area contributed by atoms with Gasteiger partial charge in [-0.25, -0.2) is 4.98 Å². The van der Waals surface area contributed by atoms with Crippen molar-refractivity contribution in [3.63, 3.8) is 0 Å². The number of ketones is 1. The summed E-state index contributed by atoms with van der Waals surface area (Å²) in [6, 6.07) is 0. The molecule has 1 amide bonds. The number of carbonyl (C=O) groups is 2. The minimum atomic E-state index is -0.280. The summed E-state index contributed by atoms with van der Waals surface area (Å²) in [6.45, 7) is 11.7. The van der Waals surface area contributed by atoms with Gasteiger partial charge >= 0.3 is 0 Å². The molecule has 3 rings (SSSR count). The van der Waals surface area contributed by atoms with E-state index in [4.69, 9.17) is 4.74 Å². The van der Waals surface area contributed by atoms with Gasteiger partial charge in [0.1, 0.15) is 5.69 Å². The third-order valence-electron chi connectivity index (χ3n) is 4.67. The molecule has 2 N–H and O–H groups in total. The maximum absolute atomic E-state index is 12.6. The summed E-state index contributed by atoms with van der Waals surface area (Å²) in [4.78, 5) is 34.2. The Balaban J connectivity index is 1.66. The molecule has 1 aliphatic heterocycles. The number of ether oxygens (including phenoxy) is 1. The number of Topliss-reactive ketones (excluding diaryl/α,β-unsaturated/α-hetero) is 1. The largest absolute Gasteiger partial charge is 0.373 e. The highest BCUT2D eigenvalue weighted by atomic mass is 32.1. The number of H-pyrrole nitrogens is 1. The number of hydrogen-bond donors (Lipinski definition) is 2. The Labute approximate surface area is 163 Å². The molecule has 1 saturated heterocycles. The Bertz CT molecular complexity index is 847. The van der Waals surface area contributed by atoms with Crippen molar-refractivity contribution in [1.29, 1.82) is 0 Å². The molecule has 146 valence electrons. The lowest BCUT2D eigenvalue weighted by Gasteiger charge is -2.34. The molecule has 0 saturated carbocycles. The van der Waals surface area contributed by atoms with Gasteiger partial charge in [-0.05, 0) is 40.2 Å². The van der Waals surface area contributed by atoms with Crippen LogP contribution in [0.15, 0.2) is 5.38 Å². The second-order valence-corrected chi connectivity index (χ2v) is 8.09. The molecular formula is C19H26N4O3S. The molecule has 0 spiro atoms. The van der Waals surface area contributed by atoms with Gasteiger partial charge in [0, 0.05) is 36.3 Å². The van der Waals surface area contributed by atoms with Gasteiger partial charge in [0.2, 0.25) is 0 Å². The molecule has 27 heavy (non-hydrogen) atoms. The molecule has 0 aromatic carbocycles. The summed E-state index contributed by atoms with van der Waals surface area (Å²) in [5, 5.41) is 5.36. The molecular weight excluding hydrogens is 364 g/mol. The van der Waals surface area contributed by atoms with E-state index in [1.165, 1.54) is 18.3 Å². The summed E-state index contributed by atoms with van der Waals surface area (Å²) in [6.07, 6.45) is 0.419. The summed E-state index contributed by atoms with van der Waals surface area (Å²) in [5.41, 5.74) is 3.30. The molecule has 0 radical (unpaired) electrons. The second kappa shape index (κ2) is 7.92. The Kier molecular flexibility index (Phi) is 5.78. The van der Waals surface area contributed by atoms with Gasteiger partial charge in [-0.1, -0.05) is 0 Å². The predicted molar refractivity (Wildman–Crippen MR) is 106 cm³/mol. The maximum Gasteiger partial charge on any atom is 0.274 e. The molecule has 0 unspecified atom stereocenters. The number of thiazole rings is 1. The third-order valence-corrected chi connectivity index (χ3v) is 5.48. The summed E-state index contributed by atoms with van der Waals surface area (Å²) >= 11 is 1.40. The van der Waals surface area contributed by atoms with Crippen LogP contribution in [0.5, 0.6) is 0 Å². The van der Waals surface area contributed by atoms with E-state index in [1.54, 1.807) is 13.8 Å². The van der Waals surface area contributed by atoms with Crippen LogP contribution in [0.4, 0.5) is 5.13 Å². The van der Waals surface area contributed by atoms with E-state index in [-0.39, 0.29) is 23.9 Å². The zero-order valence-corrected chi connectivity index (χ0v) is 17.2. The van der Waals surface area contributed by atoms with Gasteiger partial charge in [0.25, 0.3) is 5.91 Å².